The highest BCUT2D eigenvalue weighted by Gasteiger charge is 2.39. The van der Waals surface area contributed by atoms with Crippen molar-refractivity contribution < 1.29 is 28.2 Å². The first-order valence-electron chi connectivity index (χ1n) is 12.0. The fourth-order valence-electron chi connectivity index (χ4n) is 3.04. The van der Waals surface area contributed by atoms with Crippen LogP contribution in [0.2, 0.25) is 18.1 Å². The number of rotatable bonds is 9. The second-order valence-electron chi connectivity index (χ2n) is 11.2. The van der Waals surface area contributed by atoms with E-state index in [1.54, 1.807) is 20.8 Å². The summed E-state index contributed by atoms with van der Waals surface area (Å²) in [5.41, 5.74) is 1.01. The predicted molar refractivity (Wildman–Crippen MR) is 140 cm³/mol. The Labute approximate surface area is 211 Å². The fourth-order valence-corrected chi connectivity index (χ4v) is 4.07. The number of benzene rings is 2. The van der Waals surface area contributed by atoms with Gasteiger partial charge in [-0.1, -0.05) is 51.1 Å². The average molecular weight is 501 g/mol. The van der Waals surface area contributed by atoms with E-state index in [1.807, 2.05) is 48.5 Å². The quantitative estimate of drug-likeness (QED) is 0.290. The Balaban J connectivity index is 2.40. The van der Waals surface area contributed by atoms with Crippen LogP contribution in [-0.2, 0) is 32.1 Å². The predicted octanol–water partition coefficient (Wildman–Crippen LogP) is 6.47. The molecule has 2 aromatic carbocycles. The first-order chi connectivity index (χ1) is 16.1. The highest BCUT2D eigenvalue weighted by molar-refractivity contribution is 6.74. The van der Waals surface area contributed by atoms with Gasteiger partial charge in [0, 0.05) is 18.9 Å². The maximum atomic E-state index is 12.9. The molecule has 0 amide bonds. The summed E-state index contributed by atoms with van der Waals surface area (Å²) in [5.74, 6) is 0.139. The molecule has 7 heteroatoms. The van der Waals surface area contributed by atoms with E-state index in [0.717, 1.165) is 5.56 Å². The molecule has 35 heavy (non-hydrogen) atoms. The molecule has 0 N–H and O–H groups in total. The molecule has 0 heterocycles. The highest BCUT2D eigenvalue weighted by Crippen LogP contribution is 2.38. The van der Waals surface area contributed by atoms with Crippen molar-refractivity contribution in [2.75, 3.05) is 0 Å². The molecule has 0 spiro atoms. The number of hydrogen-bond donors (Lipinski definition) is 0. The summed E-state index contributed by atoms with van der Waals surface area (Å²) in [6.45, 7) is 17.9. The number of carbonyl (C=O) groups is 2. The Morgan fingerprint density at radius 2 is 1.57 bits per heavy atom. The van der Waals surface area contributed by atoms with Gasteiger partial charge in [0.2, 0.25) is 14.4 Å². The topological polar surface area (TPSA) is 71.1 Å². The molecule has 0 radical (unpaired) electrons. The molecule has 0 aliphatic carbocycles. The lowest BCUT2D eigenvalue weighted by atomic mass is 10.1. The zero-order valence-electron chi connectivity index (χ0n) is 22.6. The van der Waals surface area contributed by atoms with E-state index < -0.39 is 32.0 Å². The van der Waals surface area contributed by atoms with Crippen molar-refractivity contribution in [2.45, 2.75) is 91.3 Å². The zero-order chi connectivity index (χ0) is 26.4. The van der Waals surface area contributed by atoms with E-state index in [0.29, 0.717) is 23.7 Å². The summed E-state index contributed by atoms with van der Waals surface area (Å²) in [7, 11) is -2.09. The van der Waals surface area contributed by atoms with Crippen molar-refractivity contribution in [3.8, 4) is 11.5 Å². The minimum Gasteiger partial charge on any atom is -0.543 e. The Kier molecular flexibility index (Phi) is 9.17. The van der Waals surface area contributed by atoms with Gasteiger partial charge in [-0.25, -0.2) is 4.79 Å². The molecule has 0 bridgehead atoms. The summed E-state index contributed by atoms with van der Waals surface area (Å²) < 4.78 is 23.5. The van der Waals surface area contributed by atoms with Crippen LogP contribution in [0.3, 0.4) is 0 Å². The molecule has 0 saturated heterocycles. The number of carbonyl (C=O) groups excluding carboxylic acids is 2. The summed E-state index contributed by atoms with van der Waals surface area (Å²) in [5, 5.41) is 0.0203. The van der Waals surface area contributed by atoms with Crippen LogP contribution < -0.4 is 9.16 Å². The van der Waals surface area contributed by atoms with E-state index in [9.17, 15) is 9.59 Å². The SMILES string of the molecule is CC(=O)O[C@H](Cc1cc(O[Si](C)(C)C(C)(C)C)ccc1OCc1ccccc1)C(=O)OC(C)(C)C. The molecule has 1 atom stereocenters. The molecule has 192 valence electrons. The Hall–Kier alpha value is -2.80. The largest absolute Gasteiger partial charge is 0.543 e. The van der Waals surface area contributed by atoms with E-state index in [2.05, 4.69) is 33.9 Å². The van der Waals surface area contributed by atoms with Crippen molar-refractivity contribution >= 4 is 20.3 Å². The van der Waals surface area contributed by atoms with Crippen LogP contribution in [0, 0.1) is 0 Å². The van der Waals surface area contributed by atoms with Gasteiger partial charge in [0.25, 0.3) is 0 Å². The lowest BCUT2D eigenvalue weighted by molar-refractivity contribution is -0.174. The third kappa shape index (κ3) is 9.05. The molecule has 0 aliphatic heterocycles. The van der Waals surface area contributed by atoms with Crippen LogP contribution in [0.4, 0.5) is 0 Å². The number of ether oxygens (including phenoxy) is 3. The first kappa shape index (κ1) is 28.4. The van der Waals surface area contributed by atoms with Crippen LogP contribution in [0.15, 0.2) is 48.5 Å². The summed E-state index contributed by atoms with van der Waals surface area (Å²) in [6.07, 6.45) is -0.998. The first-order valence-corrected chi connectivity index (χ1v) is 14.9. The number of esters is 2. The minimum atomic E-state index is -2.09. The lowest BCUT2D eigenvalue weighted by Gasteiger charge is -2.36. The molecule has 0 saturated carbocycles. The van der Waals surface area contributed by atoms with Crippen LogP contribution in [0.1, 0.15) is 59.6 Å². The lowest BCUT2D eigenvalue weighted by Crippen LogP contribution is -2.43. The van der Waals surface area contributed by atoms with E-state index in [-0.39, 0.29) is 11.5 Å². The average Bonchev–Trinajstić information content (AvgIpc) is 2.71. The van der Waals surface area contributed by atoms with Gasteiger partial charge < -0.3 is 18.6 Å². The van der Waals surface area contributed by atoms with E-state index >= 15 is 0 Å². The molecule has 0 aliphatic rings. The maximum absolute atomic E-state index is 12.9. The maximum Gasteiger partial charge on any atom is 0.348 e. The van der Waals surface area contributed by atoms with Gasteiger partial charge in [0.1, 0.15) is 23.7 Å². The van der Waals surface area contributed by atoms with Crippen LogP contribution in [0.25, 0.3) is 0 Å². The molecular weight excluding hydrogens is 460 g/mol. The summed E-state index contributed by atoms with van der Waals surface area (Å²) in [6, 6.07) is 15.4. The minimum absolute atomic E-state index is 0.0203. The Morgan fingerprint density at radius 3 is 2.11 bits per heavy atom. The molecule has 0 aromatic heterocycles. The second kappa shape index (κ2) is 11.3. The van der Waals surface area contributed by atoms with Crippen molar-refractivity contribution in [3.63, 3.8) is 0 Å². The molecule has 2 aromatic rings. The van der Waals surface area contributed by atoms with Crippen LogP contribution in [0.5, 0.6) is 11.5 Å². The normalized spacial score (nSPS) is 13.1. The standard InChI is InChI=1S/C28H40O6Si/c1-20(29)32-25(26(30)33-27(2,3)4)18-22-17-23(34-35(8,9)28(5,6)7)15-16-24(22)31-19-21-13-11-10-12-14-21/h10-17,25H,18-19H2,1-9H3/t25-/m1/s1. The second-order valence-corrected chi connectivity index (χ2v) is 16.0. The molecule has 6 nitrogen and oxygen atoms in total. The smallest absolute Gasteiger partial charge is 0.348 e. The van der Waals surface area contributed by atoms with Gasteiger partial charge in [0.15, 0.2) is 0 Å². The summed E-state index contributed by atoms with van der Waals surface area (Å²) >= 11 is 0. The molecule has 0 unspecified atom stereocenters. The van der Waals surface area contributed by atoms with Crippen molar-refractivity contribution in [1.29, 1.82) is 0 Å². The Bertz CT molecular complexity index is 1000. The molecular formula is C28H40O6Si. The van der Waals surface area contributed by atoms with E-state index in [4.69, 9.17) is 18.6 Å². The van der Waals surface area contributed by atoms with Crippen LogP contribution in [-0.4, -0.2) is 32.0 Å². The van der Waals surface area contributed by atoms with Gasteiger partial charge in [-0.2, -0.15) is 0 Å². The van der Waals surface area contributed by atoms with E-state index in [1.165, 1.54) is 6.92 Å². The molecule has 2 rings (SSSR count). The van der Waals surface area contributed by atoms with Gasteiger partial charge in [-0.3, -0.25) is 4.79 Å². The highest BCUT2D eigenvalue weighted by atomic mass is 28.4. The van der Waals surface area contributed by atoms with Crippen molar-refractivity contribution in [2.24, 2.45) is 0 Å². The van der Waals surface area contributed by atoms with Gasteiger partial charge in [0.05, 0.1) is 0 Å². The van der Waals surface area contributed by atoms with Gasteiger partial charge >= 0.3 is 11.9 Å². The van der Waals surface area contributed by atoms with Crippen LogP contribution >= 0.6 is 0 Å². The summed E-state index contributed by atoms with van der Waals surface area (Å²) in [4.78, 5) is 24.7. The van der Waals surface area contributed by atoms with Gasteiger partial charge in [-0.05, 0) is 62.7 Å². The third-order valence-electron chi connectivity index (χ3n) is 5.83. The van der Waals surface area contributed by atoms with Gasteiger partial charge in [-0.15, -0.1) is 0 Å². The molecule has 0 fully saturated rings. The fraction of sp³-hybridized carbons (Fsp3) is 0.500. The Morgan fingerprint density at radius 1 is 0.943 bits per heavy atom. The monoisotopic (exact) mass is 500 g/mol. The zero-order valence-corrected chi connectivity index (χ0v) is 23.6. The van der Waals surface area contributed by atoms with Crippen molar-refractivity contribution in [1.82, 2.24) is 0 Å². The number of hydrogen-bond acceptors (Lipinski definition) is 6. The third-order valence-corrected chi connectivity index (χ3v) is 10.2. The van der Waals surface area contributed by atoms with Crippen molar-refractivity contribution in [3.05, 3.63) is 59.7 Å².